The lowest BCUT2D eigenvalue weighted by molar-refractivity contribution is -0.138. The number of benzene rings is 1. The number of aryl methyl sites for hydroxylation is 1. The number of methoxy groups -OCH3 is 1. The predicted octanol–water partition coefficient (Wildman–Crippen LogP) is 3.14. The Morgan fingerprint density at radius 3 is 1.69 bits per heavy atom. The van der Waals surface area contributed by atoms with E-state index in [9.17, 15) is 39.6 Å². The monoisotopic (exact) mass is 615 g/mol. The van der Waals surface area contributed by atoms with Crippen LogP contribution in [-0.4, -0.2) is 92.5 Å². The standard InChI is InChI=1S/C31H29N5O9/c1-18-6-11-26(36(16-29(41)42)17-30(43)44)34-31(18)24-13-20(19-7-9-21(45-2)10-8-19)12-23(32-24)22-4-3-5-25(33-22)35(14-27(37)38)15-28(39)40/h3-13H,14-17H2,1-2H3,(H,37,38)(H,39,40)(H,41,42)(H,43,44). The van der Waals surface area contributed by atoms with Crippen molar-refractivity contribution in [1.82, 2.24) is 15.0 Å². The number of nitrogens with zero attached hydrogens (tertiary/aromatic N) is 5. The van der Waals surface area contributed by atoms with E-state index < -0.39 is 50.1 Å². The molecule has 0 aliphatic heterocycles. The number of carboxylic acid groups (broad SMARTS) is 4. The summed E-state index contributed by atoms with van der Waals surface area (Å²) in [6.07, 6.45) is 0. The third-order valence-corrected chi connectivity index (χ3v) is 6.52. The molecule has 3 heterocycles. The fraction of sp³-hybridized carbons (Fsp3) is 0.194. The number of hydrogen-bond acceptors (Lipinski definition) is 10. The molecule has 0 aliphatic carbocycles. The van der Waals surface area contributed by atoms with E-state index in [0.29, 0.717) is 39.7 Å². The lowest BCUT2D eigenvalue weighted by Gasteiger charge is -2.21. The molecule has 0 radical (unpaired) electrons. The summed E-state index contributed by atoms with van der Waals surface area (Å²) < 4.78 is 5.28. The molecule has 232 valence electrons. The Kier molecular flexibility index (Phi) is 9.88. The van der Waals surface area contributed by atoms with Crippen molar-refractivity contribution < 1.29 is 44.3 Å². The van der Waals surface area contributed by atoms with Crippen LogP contribution in [0.15, 0.2) is 66.7 Å². The van der Waals surface area contributed by atoms with Gasteiger partial charge in [0, 0.05) is 0 Å². The summed E-state index contributed by atoms with van der Waals surface area (Å²) in [7, 11) is 1.55. The second-order valence-corrected chi connectivity index (χ2v) is 9.86. The van der Waals surface area contributed by atoms with E-state index in [1.807, 2.05) is 12.1 Å². The molecule has 1 aromatic carbocycles. The first-order valence-electron chi connectivity index (χ1n) is 13.4. The molecule has 45 heavy (non-hydrogen) atoms. The van der Waals surface area contributed by atoms with Gasteiger partial charge in [-0.15, -0.1) is 0 Å². The number of carbonyl (C=O) groups is 4. The highest BCUT2D eigenvalue weighted by atomic mass is 16.5. The fourth-order valence-corrected chi connectivity index (χ4v) is 4.52. The molecule has 14 nitrogen and oxygen atoms in total. The van der Waals surface area contributed by atoms with Gasteiger partial charge in [-0.05, 0) is 66.1 Å². The maximum Gasteiger partial charge on any atom is 0.323 e. The van der Waals surface area contributed by atoms with Gasteiger partial charge in [-0.3, -0.25) is 19.2 Å². The van der Waals surface area contributed by atoms with Crippen molar-refractivity contribution in [3.05, 3.63) is 72.3 Å². The van der Waals surface area contributed by atoms with Crippen LogP contribution in [0, 0.1) is 6.92 Å². The van der Waals surface area contributed by atoms with Crippen molar-refractivity contribution in [3.63, 3.8) is 0 Å². The minimum Gasteiger partial charge on any atom is -0.497 e. The first kappa shape index (κ1) is 31.9. The SMILES string of the molecule is COc1ccc(-c2cc(-c3cccc(N(CC(=O)O)CC(=O)O)n3)nc(-c3nc(N(CC(=O)O)CC(=O)O)ccc3C)c2)cc1. The zero-order valence-corrected chi connectivity index (χ0v) is 24.2. The van der Waals surface area contributed by atoms with Crippen LogP contribution in [0.2, 0.25) is 0 Å². The number of rotatable bonds is 14. The summed E-state index contributed by atoms with van der Waals surface area (Å²) in [5.74, 6) is -4.04. The molecule has 0 fully saturated rings. The van der Waals surface area contributed by atoms with Crippen molar-refractivity contribution in [2.75, 3.05) is 43.1 Å². The highest BCUT2D eigenvalue weighted by Gasteiger charge is 2.20. The van der Waals surface area contributed by atoms with E-state index >= 15 is 0 Å². The van der Waals surface area contributed by atoms with Crippen molar-refractivity contribution in [2.24, 2.45) is 0 Å². The molecular formula is C31H29N5O9. The third-order valence-electron chi connectivity index (χ3n) is 6.52. The zero-order chi connectivity index (χ0) is 32.7. The minimum atomic E-state index is -1.23. The molecule has 3 aromatic heterocycles. The van der Waals surface area contributed by atoms with Crippen LogP contribution in [0.1, 0.15) is 5.56 Å². The van der Waals surface area contributed by atoms with Crippen molar-refractivity contribution >= 4 is 35.5 Å². The molecule has 0 spiro atoms. The predicted molar refractivity (Wildman–Crippen MR) is 162 cm³/mol. The minimum absolute atomic E-state index is 0.116. The molecule has 0 aliphatic rings. The molecular weight excluding hydrogens is 586 g/mol. The van der Waals surface area contributed by atoms with E-state index in [2.05, 4.69) is 9.97 Å². The Hall–Kier alpha value is -6.05. The van der Waals surface area contributed by atoms with Gasteiger partial charge in [-0.2, -0.15) is 0 Å². The largest absolute Gasteiger partial charge is 0.497 e. The summed E-state index contributed by atoms with van der Waals surface area (Å²) in [5, 5.41) is 37.4. The smallest absolute Gasteiger partial charge is 0.323 e. The van der Waals surface area contributed by atoms with Crippen LogP contribution >= 0.6 is 0 Å². The van der Waals surface area contributed by atoms with Crippen LogP contribution in [-0.2, 0) is 19.2 Å². The van der Waals surface area contributed by atoms with Gasteiger partial charge in [0.25, 0.3) is 0 Å². The number of carboxylic acids is 4. The van der Waals surface area contributed by atoms with Crippen molar-refractivity contribution in [3.8, 4) is 39.7 Å². The van der Waals surface area contributed by atoms with Gasteiger partial charge in [0.2, 0.25) is 0 Å². The summed E-state index contributed by atoms with van der Waals surface area (Å²) in [6.45, 7) is -0.585. The third kappa shape index (κ3) is 8.28. The molecule has 14 heteroatoms. The highest BCUT2D eigenvalue weighted by Crippen LogP contribution is 2.32. The summed E-state index contributed by atoms with van der Waals surface area (Å²) >= 11 is 0. The first-order chi connectivity index (χ1) is 21.4. The van der Waals surface area contributed by atoms with E-state index in [1.165, 1.54) is 12.1 Å². The summed E-state index contributed by atoms with van der Waals surface area (Å²) in [6, 6.07) is 18.7. The number of anilines is 2. The Morgan fingerprint density at radius 2 is 1.16 bits per heavy atom. The normalized spacial score (nSPS) is 10.6. The topological polar surface area (TPSA) is 204 Å². The van der Waals surface area contributed by atoms with Crippen LogP contribution in [0.5, 0.6) is 5.75 Å². The van der Waals surface area contributed by atoms with Gasteiger partial charge >= 0.3 is 23.9 Å². The fourth-order valence-electron chi connectivity index (χ4n) is 4.52. The Bertz CT molecular complexity index is 1710. The lowest BCUT2D eigenvalue weighted by Crippen LogP contribution is -2.35. The van der Waals surface area contributed by atoms with E-state index in [0.717, 1.165) is 15.4 Å². The second kappa shape index (κ2) is 13.9. The van der Waals surface area contributed by atoms with Gasteiger partial charge in [0.05, 0.1) is 29.9 Å². The van der Waals surface area contributed by atoms with E-state index in [1.54, 1.807) is 56.5 Å². The van der Waals surface area contributed by atoms with Gasteiger partial charge < -0.3 is 35.0 Å². The number of aliphatic carboxylic acids is 4. The molecule has 0 unspecified atom stereocenters. The Balaban J connectivity index is 1.89. The maximum absolute atomic E-state index is 11.5. The summed E-state index contributed by atoms with van der Waals surface area (Å²) in [4.78, 5) is 62.0. The average Bonchev–Trinajstić information content (AvgIpc) is 2.99. The van der Waals surface area contributed by atoms with Crippen LogP contribution in [0.3, 0.4) is 0 Å². The number of pyridine rings is 3. The van der Waals surface area contributed by atoms with Gasteiger partial charge in [-0.25, -0.2) is 15.0 Å². The molecule has 0 atom stereocenters. The average molecular weight is 616 g/mol. The van der Waals surface area contributed by atoms with Crippen molar-refractivity contribution in [1.29, 1.82) is 0 Å². The first-order valence-corrected chi connectivity index (χ1v) is 13.4. The van der Waals surface area contributed by atoms with E-state index in [-0.39, 0.29) is 11.6 Å². The second-order valence-electron chi connectivity index (χ2n) is 9.86. The van der Waals surface area contributed by atoms with Gasteiger partial charge in [-0.1, -0.05) is 24.3 Å². The quantitative estimate of drug-likeness (QED) is 0.161. The van der Waals surface area contributed by atoms with Gasteiger partial charge in [0.15, 0.2) is 0 Å². The number of ether oxygens (including phenoxy) is 1. The van der Waals surface area contributed by atoms with Crippen molar-refractivity contribution in [2.45, 2.75) is 6.92 Å². The van der Waals surface area contributed by atoms with Gasteiger partial charge in [0.1, 0.15) is 43.6 Å². The molecule has 4 N–H and O–H groups in total. The van der Waals surface area contributed by atoms with E-state index in [4.69, 9.17) is 9.72 Å². The Labute approximate surface area is 256 Å². The highest BCUT2D eigenvalue weighted by molar-refractivity contribution is 5.81. The molecule has 0 bridgehead atoms. The maximum atomic E-state index is 11.5. The van der Waals surface area contributed by atoms with Crippen LogP contribution < -0.4 is 14.5 Å². The number of hydrogen-bond donors (Lipinski definition) is 4. The van der Waals surface area contributed by atoms with Crippen LogP contribution in [0.4, 0.5) is 11.6 Å². The van der Waals surface area contributed by atoms with Crippen LogP contribution in [0.25, 0.3) is 33.9 Å². The molecule has 0 amide bonds. The Morgan fingerprint density at radius 1 is 0.622 bits per heavy atom. The number of aromatic nitrogens is 3. The molecule has 4 aromatic rings. The summed E-state index contributed by atoms with van der Waals surface area (Å²) in [5.41, 5.74) is 3.54. The molecule has 0 saturated heterocycles. The lowest BCUT2D eigenvalue weighted by atomic mass is 10.0. The molecule has 4 rings (SSSR count). The zero-order valence-electron chi connectivity index (χ0n) is 24.2. The molecule has 0 saturated carbocycles.